The van der Waals surface area contributed by atoms with Crippen LogP contribution in [0.3, 0.4) is 0 Å². The Morgan fingerprint density at radius 1 is 1.10 bits per heavy atom. The van der Waals surface area contributed by atoms with Crippen LogP contribution in [0.25, 0.3) is 10.8 Å². The zero-order valence-corrected chi connectivity index (χ0v) is 11.8. The monoisotopic (exact) mass is 282 g/mol. The molecule has 1 amide bonds. The SMILES string of the molecule is Cc1sc(C(=O)Nc2ccc3ccccc3c2)cc1N. The second-order valence-electron chi connectivity index (χ2n) is 4.64. The summed E-state index contributed by atoms with van der Waals surface area (Å²) in [6.45, 7) is 1.91. The average molecular weight is 282 g/mol. The molecule has 0 radical (unpaired) electrons. The van der Waals surface area contributed by atoms with Crippen molar-refractivity contribution in [2.24, 2.45) is 0 Å². The number of nitrogen functional groups attached to an aromatic ring is 1. The van der Waals surface area contributed by atoms with E-state index in [2.05, 4.69) is 5.32 Å². The van der Waals surface area contributed by atoms with Crippen molar-refractivity contribution in [3.63, 3.8) is 0 Å². The van der Waals surface area contributed by atoms with Gasteiger partial charge in [0.2, 0.25) is 0 Å². The molecule has 0 spiro atoms. The van der Waals surface area contributed by atoms with Gasteiger partial charge in [-0.25, -0.2) is 0 Å². The van der Waals surface area contributed by atoms with Crippen LogP contribution in [0.2, 0.25) is 0 Å². The Morgan fingerprint density at radius 2 is 1.85 bits per heavy atom. The normalized spacial score (nSPS) is 10.7. The third kappa shape index (κ3) is 2.38. The number of carbonyl (C=O) groups excluding carboxylic acids is 1. The molecule has 2 aromatic carbocycles. The summed E-state index contributed by atoms with van der Waals surface area (Å²) in [7, 11) is 0. The third-order valence-electron chi connectivity index (χ3n) is 3.19. The van der Waals surface area contributed by atoms with E-state index in [1.54, 1.807) is 6.07 Å². The van der Waals surface area contributed by atoms with Gasteiger partial charge in [-0.15, -0.1) is 11.3 Å². The molecule has 1 heterocycles. The Bertz CT molecular complexity index is 773. The van der Waals surface area contributed by atoms with Crippen molar-refractivity contribution in [2.75, 3.05) is 11.1 Å². The van der Waals surface area contributed by atoms with Crippen LogP contribution in [0, 0.1) is 6.92 Å². The minimum Gasteiger partial charge on any atom is -0.398 e. The maximum atomic E-state index is 12.2. The smallest absolute Gasteiger partial charge is 0.265 e. The van der Waals surface area contributed by atoms with Crippen LogP contribution >= 0.6 is 11.3 Å². The van der Waals surface area contributed by atoms with Crippen LogP contribution in [0.15, 0.2) is 48.5 Å². The molecule has 0 unspecified atom stereocenters. The number of benzene rings is 2. The molecule has 1 aromatic heterocycles. The van der Waals surface area contributed by atoms with Crippen LogP contribution < -0.4 is 11.1 Å². The minimum absolute atomic E-state index is 0.120. The van der Waals surface area contributed by atoms with Gasteiger partial charge in [-0.1, -0.05) is 30.3 Å². The van der Waals surface area contributed by atoms with Crippen LogP contribution in [-0.2, 0) is 0 Å². The number of anilines is 2. The van der Waals surface area contributed by atoms with Crippen molar-refractivity contribution in [1.82, 2.24) is 0 Å². The molecule has 0 aliphatic carbocycles. The molecule has 4 heteroatoms. The fourth-order valence-electron chi connectivity index (χ4n) is 2.07. The predicted octanol–water partition coefficient (Wildman–Crippen LogP) is 4.04. The number of nitrogens with two attached hydrogens (primary N) is 1. The molecule has 0 saturated carbocycles. The highest BCUT2D eigenvalue weighted by Gasteiger charge is 2.11. The van der Waals surface area contributed by atoms with Gasteiger partial charge in [-0.3, -0.25) is 4.79 Å². The molecule has 3 N–H and O–H groups in total. The Hall–Kier alpha value is -2.33. The summed E-state index contributed by atoms with van der Waals surface area (Å²) >= 11 is 1.41. The highest BCUT2D eigenvalue weighted by atomic mass is 32.1. The summed E-state index contributed by atoms with van der Waals surface area (Å²) in [6, 6.07) is 15.6. The summed E-state index contributed by atoms with van der Waals surface area (Å²) in [5, 5.41) is 5.17. The van der Waals surface area contributed by atoms with Crippen LogP contribution in [-0.4, -0.2) is 5.91 Å². The van der Waals surface area contributed by atoms with Crippen molar-refractivity contribution in [2.45, 2.75) is 6.92 Å². The van der Waals surface area contributed by atoms with Crippen molar-refractivity contribution in [3.8, 4) is 0 Å². The summed E-state index contributed by atoms with van der Waals surface area (Å²) in [4.78, 5) is 13.8. The maximum Gasteiger partial charge on any atom is 0.265 e. The number of hydrogen-bond acceptors (Lipinski definition) is 3. The molecule has 20 heavy (non-hydrogen) atoms. The lowest BCUT2D eigenvalue weighted by atomic mass is 10.1. The lowest BCUT2D eigenvalue weighted by Gasteiger charge is -2.05. The minimum atomic E-state index is -0.120. The number of thiophene rings is 1. The molecular weight excluding hydrogens is 268 g/mol. The molecule has 0 atom stereocenters. The van der Waals surface area contributed by atoms with Gasteiger partial charge in [0, 0.05) is 16.3 Å². The van der Waals surface area contributed by atoms with E-state index in [1.807, 2.05) is 49.4 Å². The van der Waals surface area contributed by atoms with Crippen molar-refractivity contribution in [1.29, 1.82) is 0 Å². The third-order valence-corrected chi connectivity index (χ3v) is 4.25. The van der Waals surface area contributed by atoms with Gasteiger partial charge in [0.25, 0.3) is 5.91 Å². The molecule has 0 bridgehead atoms. The van der Waals surface area contributed by atoms with Gasteiger partial charge < -0.3 is 11.1 Å². The average Bonchev–Trinajstić information content (AvgIpc) is 2.79. The standard InChI is InChI=1S/C16H14N2OS/c1-10-14(17)9-15(20-10)16(19)18-13-7-6-11-4-2-3-5-12(11)8-13/h2-9H,17H2,1H3,(H,18,19). The summed E-state index contributed by atoms with van der Waals surface area (Å²) in [6.07, 6.45) is 0. The van der Waals surface area contributed by atoms with Crippen LogP contribution in [0.5, 0.6) is 0 Å². The maximum absolute atomic E-state index is 12.2. The molecule has 0 fully saturated rings. The van der Waals surface area contributed by atoms with Gasteiger partial charge in [0.15, 0.2) is 0 Å². The summed E-state index contributed by atoms with van der Waals surface area (Å²) in [5.74, 6) is -0.120. The Balaban J connectivity index is 1.87. The lowest BCUT2D eigenvalue weighted by molar-refractivity contribution is 0.103. The van der Waals surface area contributed by atoms with E-state index >= 15 is 0 Å². The summed E-state index contributed by atoms with van der Waals surface area (Å²) < 4.78 is 0. The number of amides is 1. The van der Waals surface area contributed by atoms with E-state index < -0.39 is 0 Å². The van der Waals surface area contributed by atoms with Crippen molar-refractivity contribution < 1.29 is 4.79 Å². The highest BCUT2D eigenvalue weighted by molar-refractivity contribution is 7.14. The number of carbonyl (C=O) groups is 1. The van der Waals surface area contributed by atoms with Crippen molar-refractivity contribution in [3.05, 3.63) is 58.3 Å². The number of hydrogen-bond donors (Lipinski definition) is 2. The molecule has 0 aliphatic heterocycles. The van der Waals surface area contributed by atoms with Gasteiger partial charge in [0.1, 0.15) is 0 Å². The zero-order chi connectivity index (χ0) is 14.1. The number of nitrogens with one attached hydrogen (secondary N) is 1. The Morgan fingerprint density at radius 3 is 2.55 bits per heavy atom. The molecule has 0 saturated heterocycles. The van der Waals surface area contributed by atoms with E-state index in [0.717, 1.165) is 21.3 Å². The largest absolute Gasteiger partial charge is 0.398 e. The first-order valence-electron chi connectivity index (χ1n) is 6.29. The van der Waals surface area contributed by atoms with E-state index in [1.165, 1.54) is 11.3 Å². The fourth-order valence-corrected chi connectivity index (χ4v) is 2.90. The molecule has 3 aromatic rings. The fraction of sp³-hybridized carbons (Fsp3) is 0.0625. The summed E-state index contributed by atoms with van der Waals surface area (Å²) in [5.41, 5.74) is 7.23. The highest BCUT2D eigenvalue weighted by Crippen LogP contribution is 2.25. The predicted molar refractivity (Wildman–Crippen MR) is 85.4 cm³/mol. The number of rotatable bonds is 2. The molecule has 3 rings (SSSR count). The Kier molecular flexibility index (Phi) is 3.16. The van der Waals surface area contributed by atoms with E-state index in [-0.39, 0.29) is 5.91 Å². The van der Waals surface area contributed by atoms with Crippen LogP contribution in [0.1, 0.15) is 14.5 Å². The molecular formula is C16H14N2OS. The first kappa shape index (κ1) is 12.7. The van der Waals surface area contributed by atoms with Gasteiger partial charge >= 0.3 is 0 Å². The number of fused-ring (bicyclic) bond motifs is 1. The quantitative estimate of drug-likeness (QED) is 0.745. The van der Waals surface area contributed by atoms with Gasteiger partial charge in [-0.05, 0) is 35.9 Å². The van der Waals surface area contributed by atoms with Crippen LogP contribution in [0.4, 0.5) is 11.4 Å². The molecule has 3 nitrogen and oxygen atoms in total. The van der Waals surface area contributed by atoms with Crippen molar-refractivity contribution >= 4 is 39.4 Å². The first-order chi connectivity index (χ1) is 9.63. The lowest BCUT2D eigenvalue weighted by Crippen LogP contribution is -2.09. The topological polar surface area (TPSA) is 55.1 Å². The number of aryl methyl sites for hydroxylation is 1. The van der Waals surface area contributed by atoms with Gasteiger partial charge in [0.05, 0.1) is 4.88 Å². The second kappa shape index (κ2) is 4.98. The first-order valence-corrected chi connectivity index (χ1v) is 7.11. The van der Waals surface area contributed by atoms with E-state index in [0.29, 0.717) is 10.6 Å². The molecule has 100 valence electrons. The molecule has 0 aliphatic rings. The van der Waals surface area contributed by atoms with E-state index in [9.17, 15) is 4.79 Å². The van der Waals surface area contributed by atoms with Gasteiger partial charge in [-0.2, -0.15) is 0 Å². The van der Waals surface area contributed by atoms with E-state index in [4.69, 9.17) is 5.73 Å². The zero-order valence-electron chi connectivity index (χ0n) is 11.0. The second-order valence-corrected chi connectivity index (χ2v) is 5.89. The Labute approximate surface area is 121 Å².